The Bertz CT molecular complexity index is 669. The minimum absolute atomic E-state index is 0.144. The van der Waals surface area contributed by atoms with Gasteiger partial charge in [0.25, 0.3) is 5.91 Å². The number of carbonyl (C=O) groups excluding carboxylic acids is 1. The number of hydrogen-bond acceptors (Lipinski definition) is 4. The van der Waals surface area contributed by atoms with Gasteiger partial charge in [-0.1, -0.05) is 59.8 Å². The van der Waals surface area contributed by atoms with Crippen LogP contribution in [0.5, 0.6) is 0 Å². The summed E-state index contributed by atoms with van der Waals surface area (Å²) < 4.78 is 0. The van der Waals surface area contributed by atoms with E-state index in [4.69, 9.17) is 10.6 Å². The maximum atomic E-state index is 11.1. The quantitative estimate of drug-likeness (QED) is 0.633. The fraction of sp³-hybridized carbons (Fsp3) is 0.176. The molecular formula is C17H18N2O3. The van der Waals surface area contributed by atoms with Crippen LogP contribution < -0.4 is 5.73 Å². The SMILES string of the molecule is CC(=NOCc1ccccc1C(O)C(N)=O)c1ccccc1. The molecule has 0 heterocycles. The van der Waals surface area contributed by atoms with Gasteiger partial charge in [0.15, 0.2) is 6.10 Å². The minimum atomic E-state index is -1.35. The number of oxime groups is 1. The molecule has 3 N–H and O–H groups in total. The molecule has 114 valence electrons. The first kappa shape index (κ1) is 15.7. The lowest BCUT2D eigenvalue weighted by molar-refractivity contribution is -0.126. The third-order valence-corrected chi connectivity index (χ3v) is 3.23. The second-order valence-corrected chi connectivity index (χ2v) is 4.82. The van der Waals surface area contributed by atoms with E-state index in [2.05, 4.69) is 5.16 Å². The fourth-order valence-electron chi connectivity index (χ4n) is 2.02. The van der Waals surface area contributed by atoms with Crippen LogP contribution in [-0.4, -0.2) is 16.7 Å². The molecule has 22 heavy (non-hydrogen) atoms. The maximum absolute atomic E-state index is 11.1. The van der Waals surface area contributed by atoms with E-state index in [1.807, 2.05) is 37.3 Å². The van der Waals surface area contributed by atoms with Gasteiger partial charge < -0.3 is 15.7 Å². The average Bonchev–Trinajstić information content (AvgIpc) is 2.55. The van der Waals surface area contributed by atoms with Gasteiger partial charge in [-0.3, -0.25) is 4.79 Å². The molecular weight excluding hydrogens is 280 g/mol. The van der Waals surface area contributed by atoms with Gasteiger partial charge in [-0.15, -0.1) is 0 Å². The van der Waals surface area contributed by atoms with Gasteiger partial charge in [-0.2, -0.15) is 0 Å². The van der Waals surface area contributed by atoms with E-state index < -0.39 is 12.0 Å². The predicted octanol–water partition coefficient (Wildman–Crippen LogP) is 2.15. The molecule has 0 bridgehead atoms. The van der Waals surface area contributed by atoms with Gasteiger partial charge in [0.2, 0.25) is 0 Å². The van der Waals surface area contributed by atoms with Crippen molar-refractivity contribution in [3.05, 3.63) is 71.3 Å². The predicted molar refractivity (Wildman–Crippen MR) is 84.0 cm³/mol. The Morgan fingerprint density at radius 3 is 2.50 bits per heavy atom. The van der Waals surface area contributed by atoms with Crippen molar-refractivity contribution in [3.8, 4) is 0 Å². The maximum Gasteiger partial charge on any atom is 0.250 e. The van der Waals surface area contributed by atoms with Crippen LogP contribution in [0.4, 0.5) is 0 Å². The highest BCUT2D eigenvalue weighted by molar-refractivity contribution is 5.98. The molecule has 5 nitrogen and oxygen atoms in total. The molecule has 1 atom stereocenters. The molecule has 1 amide bonds. The number of hydrogen-bond donors (Lipinski definition) is 2. The van der Waals surface area contributed by atoms with Crippen molar-refractivity contribution in [2.24, 2.45) is 10.9 Å². The summed E-state index contributed by atoms with van der Waals surface area (Å²) in [6, 6.07) is 16.6. The fourth-order valence-corrected chi connectivity index (χ4v) is 2.02. The lowest BCUT2D eigenvalue weighted by Crippen LogP contribution is -2.22. The molecule has 0 radical (unpaired) electrons. The molecule has 2 aromatic carbocycles. The Balaban J connectivity index is 2.08. The van der Waals surface area contributed by atoms with Gasteiger partial charge >= 0.3 is 0 Å². The van der Waals surface area contributed by atoms with Crippen molar-refractivity contribution < 1.29 is 14.7 Å². The molecule has 0 saturated heterocycles. The zero-order valence-corrected chi connectivity index (χ0v) is 12.3. The molecule has 2 aromatic rings. The van der Waals surface area contributed by atoms with E-state index in [1.165, 1.54) is 0 Å². The first-order valence-electron chi connectivity index (χ1n) is 6.86. The number of carbonyl (C=O) groups is 1. The van der Waals surface area contributed by atoms with Crippen LogP contribution in [0, 0.1) is 0 Å². The summed E-state index contributed by atoms with van der Waals surface area (Å²) in [4.78, 5) is 16.5. The van der Waals surface area contributed by atoms with Crippen LogP contribution in [-0.2, 0) is 16.2 Å². The van der Waals surface area contributed by atoms with Crippen molar-refractivity contribution in [2.75, 3.05) is 0 Å². The largest absolute Gasteiger partial charge is 0.391 e. The van der Waals surface area contributed by atoms with Crippen LogP contribution in [0.2, 0.25) is 0 Å². The van der Waals surface area contributed by atoms with Gasteiger partial charge in [0, 0.05) is 0 Å². The number of aliphatic hydroxyl groups excluding tert-OH is 1. The smallest absolute Gasteiger partial charge is 0.250 e. The monoisotopic (exact) mass is 298 g/mol. The summed E-state index contributed by atoms with van der Waals surface area (Å²) >= 11 is 0. The van der Waals surface area contributed by atoms with Crippen molar-refractivity contribution in [2.45, 2.75) is 19.6 Å². The molecule has 2 rings (SSSR count). The Labute approximate surface area is 129 Å². The lowest BCUT2D eigenvalue weighted by Gasteiger charge is -2.12. The second-order valence-electron chi connectivity index (χ2n) is 4.82. The molecule has 0 fully saturated rings. The van der Waals surface area contributed by atoms with Crippen molar-refractivity contribution in [1.82, 2.24) is 0 Å². The van der Waals surface area contributed by atoms with Gasteiger partial charge in [-0.05, 0) is 23.6 Å². The second kappa shape index (κ2) is 7.38. The topological polar surface area (TPSA) is 84.9 Å². The molecule has 0 aromatic heterocycles. The number of amides is 1. The molecule has 0 aliphatic heterocycles. The van der Waals surface area contributed by atoms with Crippen LogP contribution >= 0.6 is 0 Å². The van der Waals surface area contributed by atoms with Gasteiger partial charge in [0.1, 0.15) is 6.61 Å². The Kier molecular flexibility index (Phi) is 5.27. The Hall–Kier alpha value is -2.66. The number of benzene rings is 2. The standard InChI is InChI=1S/C17H18N2O3/c1-12(13-7-3-2-4-8-13)19-22-11-14-9-5-6-10-15(14)16(20)17(18)21/h2-10,16,20H,11H2,1H3,(H2,18,21). The third kappa shape index (κ3) is 3.93. The van der Waals surface area contributed by atoms with Gasteiger partial charge in [-0.25, -0.2) is 0 Å². The molecule has 0 aliphatic rings. The Morgan fingerprint density at radius 1 is 1.18 bits per heavy atom. The molecule has 0 saturated carbocycles. The van der Waals surface area contributed by atoms with Crippen LogP contribution in [0.15, 0.2) is 59.8 Å². The zero-order valence-electron chi connectivity index (χ0n) is 12.3. The number of nitrogens with two attached hydrogens (primary N) is 1. The molecule has 1 unspecified atom stereocenters. The van der Waals surface area contributed by atoms with Gasteiger partial charge in [0.05, 0.1) is 5.71 Å². The van der Waals surface area contributed by atoms with Crippen LogP contribution in [0.1, 0.15) is 29.7 Å². The first-order valence-corrected chi connectivity index (χ1v) is 6.86. The normalized spacial score (nSPS) is 12.7. The van der Waals surface area contributed by atoms with Crippen molar-refractivity contribution in [3.63, 3.8) is 0 Å². The summed E-state index contributed by atoms with van der Waals surface area (Å²) in [5, 5.41) is 13.9. The zero-order chi connectivity index (χ0) is 15.9. The van der Waals surface area contributed by atoms with Crippen molar-refractivity contribution in [1.29, 1.82) is 0 Å². The first-order chi connectivity index (χ1) is 10.6. The molecule has 5 heteroatoms. The average molecular weight is 298 g/mol. The number of nitrogens with zero attached hydrogens (tertiary/aromatic N) is 1. The lowest BCUT2D eigenvalue weighted by atomic mass is 10.0. The number of rotatable bonds is 6. The molecule has 0 aliphatic carbocycles. The summed E-state index contributed by atoms with van der Waals surface area (Å²) in [6.07, 6.45) is -1.35. The number of primary amides is 1. The van der Waals surface area contributed by atoms with E-state index in [-0.39, 0.29) is 6.61 Å². The van der Waals surface area contributed by atoms with E-state index in [9.17, 15) is 9.90 Å². The summed E-state index contributed by atoms with van der Waals surface area (Å²) in [5.74, 6) is -0.795. The van der Waals surface area contributed by atoms with E-state index in [1.54, 1.807) is 24.3 Å². The van der Waals surface area contributed by atoms with E-state index in [0.717, 1.165) is 11.3 Å². The summed E-state index contributed by atoms with van der Waals surface area (Å²) in [5.41, 5.74) is 7.94. The van der Waals surface area contributed by atoms with E-state index >= 15 is 0 Å². The van der Waals surface area contributed by atoms with Crippen molar-refractivity contribution >= 4 is 11.6 Å². The van der Waals surface area contributed by atoms with E-state index in [0.29, 0.717) is 11.1 Å². The molecule has 0 spiro atoms. The van der Waals surface area contributed by atoms with Crippen LogP contribution in [0.25, 0.3) is 0 Å². The number of aliphatic hydroxyl groups is 1. The summed E-state index contributed by atoms with van der Waals surface area (Å²) in [6.45, 7) is 1.99. The van der Waals surface area contributed by atoms with Crippen LogP contribution in [0.3, 0.4) is 0 Å². The third-order valence-electron chi connectivity index (χ3n) is 3.23. The highest BCUT2D eigenvalue weighted by Crippen LogP contribution is 2.18. The Morgan fingerprint density at radius 2 is 1.82 bits per heavy atom. The minimum Gasteiger partial charge on any atom is -0.391 e. The highest BCUT2D eigenvalue weighted by Gasteiger charge is 2.17. The highest BCUT2D eigenvalue weighted by atomic mass is 16.6. The summed E-state index contributed by atoms with van der Waals surface area (Å²) in [7, 11) is 0.